The first-order valence-electron chi connectivity index (χ1n) is 11.7. The summed E-state index contributed by atoms with van der Waals surface area (Å²) < 4.78 is 2.13. The van der Waals surface area contributed by atoms with E-state index < -0.39 is 0 Å². The van der Waals surface area contributed by atoms with Gasteiger partial charge in [0, 0.05) is 25.5 Å². The molecule has 4 heteroatoms. The highest BCUT2D eigenvalue weighted by molar-refractivity contribution is 9.10. The molecule has 0 aliphatic carbocycles. The third kappa shape index (κ3) is 3.52. The van der Waals surface area contributed by atoms with Gasteiger partial charge in [-0.25, -0.2) is 9.97 Å². The number of fused-ring (bicyclic) bond motifs is 7. The van der Waals surface area contributed by atoms with Crippen LogP contribution in [0.15, 0.2) is 118 Å². The van der Waals surface area contributed by atoms with Crippen molar-refractivity contribution in [3.63, 3.8) is 0 Å². The van der Waals surface area contributed by atoms with Crippen molar-refractivity contribution in [2.45, 2.75) is 0 Å². The Balaban J connectivity index is 1.67. The SMILES string of the molecule is Brc1ccc2c(c1)c1cc(Br)ccc1c1cc3c(-c4ccccc4)nc(-c4ccccc4)nc3cc21. The minimum absolute atomic E-state index is 0.734. The fourth-order valence-corrected chi connectivity index (χ4v) is 5.82. The molecular formula is C32H18Br2N2. The normalized spacial score (nSPS) is 11.6. The molecule has 0 N–H and O–H groups in total. The van der Waals surface area contributed by atoms with Crippen LogP contribution in [-0.4, -0.2) is 9.97 Å². The zero-order valence-electron chi connectivity index (χ0n) is 19.0. The highest BCUT2D eigenvalue weighted by atomic mass is 79.9. The largest absolute Gasteiger partial charge is 0.228 e. The predicted octanol–water partition coefficient (Wildman–Crippen LogP) is 9.95. The second kappa shape index (κ2) is 8.51. The van der Waals surface area contributed by atoms with Gasteiger partial charge in [0.25, 0.3) is 0 Å². The van der Waals surface area contributed by atoms with Crippen molar-refractivity contribution < 1.29 is 0 Å². The van der Waals surface area contributed by atoms with Crippen LogP contribution in [0.2, 0.25) is 0 Å². The summed E-state index contributed by atoms with van der Waals surface area (Å²) in [6.07, 6.45) is 0. The van der Waals surface area contributed by atoms with Crippen molar-refractivity contribution in [1.82, 2.24) is 9.97 Å². The Hall–Kier alpha value is -3.60. The van der Waals surface area contributed by atoms with E-state index in [1.807, 2.05) is 24.3 Å². The summed E-state index contributed by atoms with van der Waals surface area (Å²) in [6, 6.07) is 38.2. The predicted molar refractivity (Wildman–Crippen MR) is 158 cm³/mol. The van der Waals surface area contributed by atoms with Gasteiger partial charge in [0.15, 0.2) is 5.82 Å². The molecule has 0 amide bonds. The van der Waals surface area contributed by atoms with Crippen LogP contribution in [0.5, 0.6) is 0 Å². The van der Waals surface area contributed by atoms with Gasteiger partial charge in [-0.15, -0.1) is 0 Å². The maximum atomic E-state index is 5.09. The van der Waals surface area contributed by atoms with Gasteiger partial charge in [-0.3, -0.25) is 0 Å². The number of hydrogen-bond acceptors (Lipinski definition) is 2. The standard InChI is InChI=1S/C32H18Br2N2/c33-21-11-13-23-25(15-21)26-16-22(34)12-14-24(26)28-18-30-29(17-27(23)28)31(19-7-3-1-4-8-19)36-32(35-30)20-9-5-2-6-10-20/h1-18H. The van der Waals surface area contributed by atoms with Gasteiger partial charge < -0.3 is 0 Å². The smallest absolute Gasteiger partial charge is 0.160 e. The van der Waals surface area contributed by atoms with Crippen molar-refractivity contribution in [2.75, 3.05) is 0 Å². The van der Waals surface area contributed by atoms with E-state index in [1.54, 1.807) is 0 Å². The fraction of sp³-hybridized carbons (Fsp3) is 0. The lowest BCUT2D eigenvalue weighted by atomic mass is 9.92. The van der Waals surface area contributed by atoms with Crippen LogP contribution < -0.4 is 0 Å². The molecule has 7 rings (SSSR count). The molecule has 170 valence electrons. The Labute approximate surface area is 224 Å². The molecule has 0 bridgehead atoms. The quantitative estimate of drug-likeness (QED) is 0.148. The monoisotopic (exact) mass is 588 g/mol. The summed E-state index contributed by atoms with van der Waals surface area (Å²) in [5.41, 5.74) is 3.98. The molecule has 0 fully saturated rings. The van der Waals surface area contributed by atoms with E-state index in [4.69, 9.17) is 9.97 Å². The molecule has 1 heterocycles. The van der Waals surface area contributed by atoms with Gasteiger partial charge in [0.2, 0.25) is 0 Å². The van der Waals surface area contributed by atoms with E-state index in [0.29, 0.717) is 0 Å². The molecule has 0 spiro atoms. The number of benzene rings is 6. The number of aromatic nitrogens is 2. The molecule has 36 heavy (non-hydrogen) atoms. The number of halogens is 2. The number of hydrogen-bond donors (Lipinski definition) is 0. The first-order chi connectivity index (χ1) is 17.7. The highest BCUT2D eigenvalue weighted by Crippen LogP contribution is 2.40. The van der Waals surface area contributed by atoms with Crippen molar-refractivity contribution in [1.29, 1.82) is 0 Å². The van der Waals surface area contributed by atoms with Crippen molar-refractivity contribution in [2.24, 2.45) is 0 Å². The summed E-state index contributed by atoms with van der Waals surface area (Å²) in [4.78, 5) is 10.2. The van der Waals surface area contributed by atoms with Crippen LogP contribution in [0.3, 0.4) is 0 Å². The van der Waals surface area contributed by atoms with E-state index >= 15 is 0 Å². The minimum Gasteiger partial charge on any atom is -0.228 e. The molecule has 7 aromatic rings. The van der Waals surface area contributed by atoms with E-state index in [0.717, 1.165) is 42.5 Å². The zero-order valence-corrected chi connectivity index (χ0v) is 22.2. The molecule has 0 saturated carbocycles. The van der Waals surface area contributed by atoms with Crippen molar-refractivity contribution in [3.8, 4) is 22.6 Å². The molecule has 0 saturated heterocycles. The van der Waals surface area contributed by atoms with Crippen molar-refractivity contribution >= 4 is 75.1 Å². The van der Waals surface area contributed by atoms with Gasteiger partial charge in [0.1, 0.15) is 0 Å². The molecule has 0 aliphatic rings. The third-order valence-electron chi connectivity index (χ3n) is 6.75. The first-order valence-corrected chi connectivity index (χ1v) is 13.3. The Morgan fingerprint density at radius 2 is 0.944 bits per heavy atom. The van der Waals surface area contributed by atoms with Gasteiger partial charge in [-0.2, -0.15) is 0 Å². The van der Waals surface area contributed by atoms with Gasteiger partial charge in [0.05, 0.1) is 11.2 Å². The molecule has 1 aromatic heterocycles. The molecule has 6 aromatic carbocycles. The van der Waals surface area contributed by atoms with Gasteiger partial charge >= 0.3 is 0 Å². The number of rotatable bonds is 2. The van der Waals surface area contributed by atoms with Crippen LogP contribution >= 0.6 is 31.9 Å². The average Bonchev–Trinajstić information content (AvgIpc) is 2.92. The summed E-state index contributed by atoms with van der Waals surface area (Å²) in [5.74, 6) is 0.734. The van der Waals surface area contributed by atoms with E-state index in [-0.39, 0.29) is 0 Å². The fourth-order valence-electron chi connectivity index (χ4n) is 5.10. The maximum Gasteiger partial charge on any atom is 0.160 e. The second-order valence-electron chi connectivity index (χ2n) is 8.92. The zero-order chi connectivity index (χ0) is 24.2. The summed E-state index contributed by atoms with van der Waals surface area (Å²) >= 11 is 7.36. The van der Waals surface area contributed by atoms with Crippen molar-refractivity contribution in [3.05, 3.63) is 118 Å². The summed E-state index contributed by atoms with van der Waals surface area (Å²) in [7, 11) is 0. The lowest BCUT2D eigenvalue weighted by molar-refractivity contribution is 1.23. The molecular weight excluding hydrogens is 572 g/mol. The van der Waals surface area contributed by atoms with Gasteiger partial charge in [-0.05, 0) is 68.7 Å². The van der Waals surface area contributed by atoms with Gasteiger partial charge in [-0.1, -0.05) is 105 Å². The Kier molecular flexibility index (Phi) is 5.12. The Morgan fingerprint density at radius 1 is 0.417 bits per heavy atom. The van der Waals surface area contributed by atoms with Crippen LogP contribution in [0.25, 0.3) is 65.9 Å². The lowest BCUT2D eigenvalue weighted by Crippen LogP contribution is -1.96. The molecule has 0 atom stereocenters. The topological polar surface area (TPSA) is 25.8 Å². The molecule has 0 radical (unpaired) electrons. The van der Waals surface area contributed by atoms with E-state index in [1.165, 1.54) is 32.3 Å². The second-order valence-corrected chi connectivity index (χ2v) is 10.8. The van der Waals surface area contributed by atoms with Crippen LogP contribution in [-0.2, 0) is 0 Å². The van der Waals surface area contributed by atoms with E-state index in [2.05, 4.69) is 117 Å². The Morgan fingerprint density at radius 3 is 1.56 bits per heavy atom. The summed E-state index contributed by atoms with van der Waals surface area (Å²) in [5, 5.41) is 8.30. The van der Waals surface area contributed by atoms with E-state index in [9.17, 15) is 0 Å². The molecule has 0 aliphatic heterocycles. The first kappa shape index (κ1) is 21.7. The number of nitrogens with zero attached hydrogens (tertiary/aromatic N) is 2. The lowest BCUT2D eigenvalue weighted by Gasteiger charge is -2.14. The highest BCUT2D eigenvalue weighted by Gasteiger charge is 2.16. The van der Waals surface area contributed by atoms with Crippen LogP contribution in [0.1, 0.15) is 0 Å². The molecule has 0 unspecified atom stereocenters. The minimum atomic E-state index is 0.734. The Bertz CT molecular complexity index is 1950. The third-order valence-corrected chi connectivity index (χ3v) is 7.73. The average molecular weight is 590 g/mol. The van der Waals surface area contributed by atoms with Crippen LogP contribution in [0.4, 0.5) is 0 Å². The van der Waals surface area contributed by atoms with Crippen LogP contribution in [0, 0.1) is 0 Å². The maximum absolute atomic E-state index is 5.09. The molecule has 2 nitrogen and oxygen atoms in total. The summed E-state index contributed by atoms with van der Waals surface area (Å²) in [6.45, 7) is 0.